The highest BCUT2D eigenvalue weighted by Gasteiger charge is 2.38. The molecule has 1 aliphatic heterocycles. The molecule has 3 N–H and O–H groups in total. The molecule has 1 saturated heterocycles. The number of amides is 2. The van der Waals surface area contributed by atoms with E-state index in [1.165, 1.54) is 0 Å². The number of β-amino-alcohol motifs (C(OH)–C–C–N with tert-alkyl or cyclic N) is 1. The third kappa shape index (κ3) is 5.04. The van der Waals surface area contributed by atoms with Crippen molar-refractivity contribution in [3.05, 3.63) is 0 Å². The number of carboxylic acids is 1. The lowest BCUT2D eigenvalue weighted by Gasteiger charge is -2.21. The summed E-state index contributed by atoms with van der Waals surface area (Å²) in [4.78, 5) is 23.9. The maximum atomic E-state index is 11.8. The number of carboxylic acid groups (broad SMARTS) is 1. The zero-order valence-electron chi connectivity index (χ0n) is 11.3. The number of aliphatic hydroxyl groups excluding tert-OH is 1. The molecule has 0 bridgehead atoms. The van der Waals surface area contributed by atoms with Gasteiger partial charge in [0, 0.05) is 26.1 Å². The van der Waals surface area contributed by atoms with E-state index in [0.717, 1.165) is 4.90 Å². The van der Waals surface area contributed by atoms with Gasteiger partial charge >= 0.3 is 12.0 Å². The van der Waals surface area contributed by atoms with E-state index in [9.17, 15) is 14.7 Å². The molecule has 1 heterocycles. The van der Waals surface area contributed by atoms with Crippen molar-refractivity contribution in [3.63, 3.8) is 0 Å². The second-order valence-corrected chi connectivity index (χ2v) is 5.10. The topological polar surface area (TPSA) is 99.1 Å². The summed E-state index contributed by atoms with van der Waals surface area (Å²) in [5.41, 5.74) is 0. The monoisotopic (exact) mass is 274 g/mol. The summed E-state index contributed by atoms with van der Waals surface area (Å²) >= 11 is 0. The van der Waals surface area contributed by atoms with Crippen molar-refractivity contribution in [2.45, 2.75) is 32.4 Å². The van der Waals surface area contributed by atoms with Gasteiger partial charge in [-0.3, -0.25) is 0 Å². The predicted octanol–water partition coefficient (Wildman–Crippen LogP) is -0.112. The molecule has 7 nitrogen and oxygen atoms in total. The molecule has 1 fully saturated rings. The molecule has 0 radical (unpaired) electrons. The first-order valence-corrected chi connectivity index (χ1v) is 6.45. The number of urea groups is 1. The van der Waals surface area contributed by atoms with Crippen LogP contribution in [0.5, 0.6) is 0 Å². The van der Waals surface area contributed by atoms with Crippen LogP contribution in [-0.4, -0.2) is 65.6 Å². The smallest absolute Gasteiger partial charge is 0.326 e. The number of aliphatic carboxylic acids is 1. The molecule has 7 heteroatoms. The molecule has 110 valence electrons. The molecule has 0 saturated carbocycles. The fraction of sp³-hybridized carbons (Fsp3) is 0.833. The van der Waals surface area contributed by atoms with Crippen LogP contribution in [0.25, 0.3) is 0 Å². The Morgan fingerprint density at radius 3 is 2.74 bits per heavy atom. The van der Waals surface area contributed by atoms with E-state index in [1.54, 1.807) is 0 Å². The first kappa shape index (κ1) is 15.7. The van der Waals surface area contributed by atoms with Crippen LogP contribution in [0.4, 0.5) is 4.79 Å². The van der Waals surface area contributed by atoms with E-state index in [1.807, 2.05) is 13.8 Å². The van der Waals surface area contributed by atoms with Crippen LogP contribution >= 0.6 is 0 Å². The molecule has 0 aromatic carbocycles. The first-order chi connectivity index (χ1) is 8.91. The standard InChI is InChI=1S/C12H22N2O5/c1-8(2)7-19-4-3-13-12(18)14-6-9(15)5-10(14)11(16)17/h8-10,15H,3-7H2,1-2H3,(H,13,18)(H,16,17)/t9?,10-/m0/s1. The zero-order chi connectivity index (χ0) is 14.4. The van der Waals surface area contributed by atoms with Crippen molar-refractivity contribution in [1.29, 1.82) is 0 Å². The minimum Gasteiger partial charge on any atom is -0.480 e. The van der Waals surface area contributed by atoms with Gasteiger partial charge in [-0.05, 0) is 5.92 Å². The number of ether oxygens (including phenoxy) is 1. The molecule has 19 heavy (non-hydrogen) atoms. The van der Waals surface area contributed by atoms with E-state index in [4.69, 9.17) is 9.84 Å². The SMILES string of the molecule is CC(C)COCCNC(=O)N1CC(O)C[C@H]1C(=O)O. The fourth-order valence-electron chi connectivity index (χ4n) is 1.92. The Bertz CT molecular complexity index is 321. The minimum atomic E-state index is -1.09. The van der Waals surface area contributed by atoms with Gasteiger partial charge in [0.2, 0.25) is 0 Å². The Hall–Kier alpha value is -1.34. The Labute approximate surface area is 112 Å². The van der Waals surface area contributed by atoms with Gasteiger partial charge in [-0.1, -0.05) is 13.8 Å². The van der Waals surface area contributed by atoms with Crippen molar-refractivity contribution in [3.8, 4) is 0 Å². The highest BCUT2D eigenvalue weighted by molar-refractivity contribution is 5.83. The molecule has 0 aromatic rings. The Morgan fingerprint density at radius 2 is 2.16 bits per heavy atom. The average molecular weight is 274 g/mol. The van der Waals surface area contributed by atoms with Gasteiger partial charge in [0.25, 0.3) is 0 Å². The van der Waals surface area contributed by atoms with Crippen molar-refractivity contribution in [1.82, 2.24) is 10.2 Å². The number of hydrogen-bond donors (Lipinski definition) is 3. The first-order valence-electron chi connectivity index (χ1n) is 6.45. The molecule has 1 rings (SSSR count). The van der Waals surface area contributed by atoms with Crippen LogP contribution in [0.3, 0.4) is 0 Å². The van der Waals surface area contributed by atoms with Crippen LogP contribution in [0.1, 0.15) is 20.3 Å². The maximum Gasteiger partial charge on any atom is 0.326 e. The number of nitrogens with one attached hydrogen (secondary N) is 1. The summed E-state index contributed by atoms with van der Waals surface area (Å²) in [5, 5.41) is 21.0. The van der Waals surface area contributed by atoms with Crippen LogP contribution in [0.15, 0.2) is 0 Å². The van der Waals surface area contributed by atoms with Gasteiger partial charge in [-0.2, -0.15) is 0 Å². The second kappa shape index (κ2) is 7.30. The lowest BCUT2D eigenvalue weighted by atomic mass is 10.2. The van der Waals surface area contributed by atoms with Gasteiger partial charge < -0.3 is 25.2 Å². The molecule has 0 aliphatic carbocycles. The van der Waals surface area contributed by atoms with Crippen molar-refractivity contribution in [2.75, 3.05) is 26.3 Å². The van der Waals surface area contributed by atoms with Crippen LogP contribution in [0.2, 0.25) is 0 Å². The Morgan fingerprint density at radius 1 is 1.47 bits per heavy atom. The van der Waals surface area contributed by atoms with Gasteiger partial charge in [0.15, 0.2) is 0 Å². The van der Waals surface area contributed by atoms with Gasteiger partial charge in [0.1, 0.15) is 6.04 Å². The van der Waals surface area contributed by atoms with Crippen molar-refractivity contribution >= 4 is 12.0 Å². The number of carbonyl (C=O) groups is 2. The van der Waals surface area contributed by atoms with Crippen LogP contribution in [-0.2, 0) is 9.53 Å². The van der Waals surface area contributed by atoms with E-state index < -0.39 is 24.1 Å². The fourth-order valence-corrected chi connectivity index (χ4v) is 1.92. The average Bonchev–Trinajstić information content (AvgIpc) is 2.70. The Balaban J connectivity index is 2.30. The summed E-state index contributed by atoms with van der Waals surface area (Å²) in [7, 11) is 0. The van der Waals surface area contributed by atoms with E-state index in [-0.39, 0.29) is 13.0 Å². The number of likely N-dealkylation sites (tertiary alicyclic amines) is 1. The number of aliphatic hydroxyl groups is 1. The molecule has 0 aromatic heterocycles. The van der Waals surface area contributed by atoms with Gasteiger partial charge in [-0.25, -0.2) is 9.59 Å². The molecular weight excluding hydrogens is 252 g/mol. The zero-order valence-corrected chi connectivity index (χ0v) is 11.3. The summed E-state index contributed by atoms with van der Waals surface area (Å²) in [5.74, 6) is -0.663. The Kier molecular flexibility index (Phi) is 6.04. The lowest BCUT2D eigenvalue weighted by molar-refractivity contribution is -0.141. The highest BCUT2D eigenvalue weighted by atomic mass is 16.5. The third-order valence-electron chi connectivity index (χ3n) is 2.80. The third-order valence-corrected chi connectivity index (χ3v) is 2.80. The van der Waals surface area contributed by atoms with Crippen LogP contribution in [0, 0.1) is 5.92 Å². The highest BCUT2D eigenvalue weighted by Crippen LogP contribution is 2.17. The summed E-state index contributed by atoms with van der Waals surface area (Å²) < 4.78 is 5.30. The van der Waals surface area contributed by atoms with Crippen molar-refractivity contribution < 1.29 is 24.5 Å². The summed E-state index contributed by atoms with van der Waals surface area (Å²) in [6, 6.07) is -1.43. The van der Waals surface area contributed by atoms with Crippen LogP contribution < -0.4 is 5.32 Å². The number of hydrogen-bond acceptors (Lipinski definition) is 4. The van der Waals surface area contributed by atoms with Crippen molar-refractivity contribution in [2.24, 2.45) is 5.92 Å². The lowest BCUT2D eigenvalue weighted by Crippen LogP contribution is -2.46. The number of rotatable bonds is 6. The maximum absolute atomic E-state index is 11.8. The molecule has 1 unspecified atom stereocenters. The summed E-state index contributed by atoms with van der Waals surface area (Å²) in [6.45, 7) is 5.44. The molecule has 1 aliphatic rings. The number of nitrogens with zero attached hydrogens (tertiary/aromatic N) is 1. The number of carbonyl (C=O) groups excluding carboxylic acids is 1. The van der Waals surface area contributed by atoms with Gasteiger partial charge in [0.05, 0.1) is 12.7 Å². The second-order valence-electron chi connectivity index (χ2n) is 5.10. The predicted molar refractivity (Wildman–Crippen MR) is 67.8 cm³/mol. The van der Waals surface area contributed by atoms with E-state index in [0.29, 0.717) is 25.7 Å². The van der Waals surface area contributed by atoms with Gasteiger partial charge in [-0.15, -0.1) is 0 Å². The quantitative estimate of drug-likeness (QED) is 0.587. The minimum absolute atomic E-state index is 0.0512. The normalized spacial score (nSPS) is 22.8. The molecular formula is C12H22N2O5. The van der Waals surface area contributed by atoms with E-state index >= 15 is 0 Å². The molecule has 0 spiro atoms. The van der Waals surface area contributed by atoms with E-state index in [2.05, 4.69) is 5.32 Å². The largest absolute Gasteiger partial charge is 0.480 e. The molecule has 2 amide bonds. The summed E-state index contributed by atoms with van der Waals surface area (Å²) in [6.07, 6.45) is -0.698. The molecule has 2 atom stereocenters.